The standard InChI is InChI=1S/C10H16N6O3/c11-10-13-2-6-9(14-10)5(15-16-6)1-12-7(3-17)8(19)4-18/h2,7-8,12,17-19H,1,3-4H2,(H,15,16)(H2,11,13,14)/t7-,8-/m1/s1. The molecule has 0 aromatic carbocycles. The predicted molar refractivity (Wildman–Crippen MR) is 66.9 cm³/mol. The number of fused-ring (bicyclic) bond motifs is 1. The van der Waals surface area contributed by atoms with E-state index in [1.54, 1.807) is 0 Å². The Labute approximate surface area is 108 Å². The molecule has 2 aromatic rings. The lowest BCUT2D eigenvalue weighted by molar-refractivity contribution is 0.0409. The number of rotatable bonds is 6. The number of H-pyrrole nitrogens is 1. The zero-order chi connectivity index (χ0) is 13.8. The van der Waals surface area contributed by atoms with Crippen molar-refractivity contribution in [1.29, 1.82) is 0 Å². The molecule has 0 saturated heterocycles. The lowest BCUT2D eigenvalue weighted by atomic mass is 10.2. The van der Waals surface area contributed by atoms with E-state index in [-0.39, 0.29) is 19.1 Å². The Bertz CT molecular complexity index is 545. The Morgan fingerprint density at radius 1 is 1.37 bits per heavy atom. The first-order valence-electron chi connectivity index (χ1n) is 5.74. The highest BCUT2D eigenvalue weighted by Gasteiger charge is 2.18. The van der Waals surface area contributed by atoms with Crippen LogP contribution in [-0.4, -0.2) is 60.8 Å². The number of aliphatic hydroxyl groups is 3. The lowest BCUT2D eigenvalue weighted by Crippen LogP contribution is -2.44. The fourth-order valence-electron chi connectivity index (χ4n) is 1.68. The summed E-state index contributed by atoms with van der Waals surface area (Å²) in [5, 5.41) is 37.1. The van der Waals surface area contributed by atoms with Gasteiger partial charge in [-0.25, -0.2) is 9.97 Å². The molecule has 0 spiro atoms. The number of anilines is 1. The summed E-state index contributed by atoms with van der Waals surface area (Å²) in [5.41, 5.74) is 7.32. The summed E-state index contributed by atoms with van der Waals surface area (Å²) < 4.78 is 0. The van der Waals surface area contributed by atoms with E-state index in [0.717, 1.165) is 0 Å². The molecule has 2 heterocycles. The van der Waals surface area contributed by atoms with Crippen molar-refractivity contribution < 1.29 is 15.3 Å². The van der Waals surface area contributed by atoms with Crippen molar-refractivity contribution in [2.45, 2.75) is 18.7 Å². The van der Waals surface area contributed by atoms with Gasteiger partial charge in [-0.2, -0.15) is 5.10 Å². The SMILES string of the molecule is Nc1ncc2n[nH]c(CN[C@H](CO)[C@H](O)CO)c2n1. The molecule has 7 N–H and O–H groups in total. The van der Waals surface area contributed by atoms with Crippen LogP contribution in [0.2, 0.25) is 0 Å². The van der Waals surface area contributed by atoms with Crippen molar-refractivity contribution in [3.8, 4) is 0 Å². The Kier molecular flexibility index (Phi) is 4.22. The maximum atomic E-state index is 9.46. The summed E-state index contributed by atoms with van der Waals surface area (Å²) in [6.45, 7) is -0.447. The highest BCUT2D eigenvalue weighted by atomic mass is 16.3. The smallest absolute Gasteiger partial charge is 0.220 e. The average molecular weight is 268 g/mol. The van der Waals surface area contributed by atoms with E-state index in [9.17, 15) is 5.11 Å². The predicted octanol–water partition coefficient (Wildman–Crippen LogP) is -2.26. The van der Waals surface area contributed by atoms with Crippen molar-refractivity contribution in [3.63, 3.8) is 0 Å². The van der Waals surface area contributed by atoms with Crippen molar-refractivity contribution in [1.82, 2.24) is 25.5 Å². The zero-order valence-corrected chi connectivity index (χ0v) is 10.1. The normalized spacial score (nSPS) is 14.7. The van der Waals surface area contributed by atoms with Crippen LogP contribution < -0.4 is 11.1 Å². The Balaban J connectivity index is 2.11. The van der Waals surface area contributed by atoms with Crippen LogP contribution in [0.4, 0.5) is 5.95 Å². The number of nitrogens with zero attached hydrogens (tertiary/aromatic N) is 3. The monoisotopic (exact) mass is 268 g/mol. The van der Waals surface area contributed by atoms with E-state index in [2.05, 4.69) is 25.5 Å². The summed E-state index contributed by atoms with van der Waals surface area (Å²) in [6.07, 6.45) is 0.461. The van der Waals surface area contributed by atoms with Crippen molar-refractivity contribution in [2.24, 2.45) is 0 Å². The van der Waals surface area contributed by atoms with Gasteiger partial charge in [0.1, 0.15) is 11.0 Å². The van der Waals surface area contributed by atoms with Crippen molar-refractivity contribution in [3.05, 3.63) is 11.9 Å². The van der Waals surface area contributed by atoms with E-state index >= 15 is 0 Å². The quantitative estimate of drug-likeness (QED) is 0.343. The summed E-state index contributed by atoms with van der Waals surface area (Å²) in [7, 11) is 0. The molecule has 0 amide bonds. The van der Waals surface area contributed by atoms with E-state index in [1.165, 1.54) is 6.20 Å². The molecule has 104 valence electrons. The highest BCUT2D eigenvalue weighted by Crippen LogP contribution is 2.13. The molecular weight excluding hydrogens is 252 g/mol. The van der Waals surface area contributed by atoms with E-state index < -0.39 is 18.8 Å². The zero-order valence-electron chi connectivity index (χ0n) is 10.1. The minimum Gasteiger partial charge on any atom is -0.395 e. The highest BCUT2D eigenvalue weighted by molar-refractivity contribution is 5.76. The van der Waals surface area contributed by atoms with Gasteiger partial charge in [-0.1, -0.05) is 0 Å². The summed E-state index contributed by atoms with van der Waals surface area (Å²) >= 11 is 0. The van der Waals surface area contributed by atoms with E-state index in [0.29, 0.717) is 16.7 Å². The van der Waals surface area contributed by atoms with Gasteiger partial charge in [0.2, 0.25) is 5.95 Å². The number of hydrogen-bond donors (Lipinski definition) is 6. The van der Waals surface area contributed by atoms with Gasteiger partial charge >= 0.3 is 0 Å². The Morgan fingerprint density at radius 2 is 2.16 bits per heavy atom. The van der Waals surface area contributed by atoms with Crippen LogP contribution in [0, 0.1) is 0 Å². The molecule has 2 atom stereocenters. The second-order valence-electron chi connectivity index (χ2n) is 4.08. The third-order valence-corrected chi connectivity index (χ3v) is 2.77. The van der Waals surface area contributed by atoms with Crippen LogP contribution in [0.5, 0.6) is 0 Å². The molecule has 2 aromatic heterocycles. The third kappa shape index (κ3) is 2.96. The lowest BCUT2D eigenvalue weighted by Gasteiger charge is -2.20. The van der Waals surface area contributed by atoms with Gasteiger partial charge in [-0.3, -0.25) is 5.10 Å². The van der Waals surface area contributed by atoms with Crippen LogP contribution in [0.1, 0.15) is 5.69 Å². The van der Waals surface area contributed by atoms with Gasteiger partial charge in [-0.05, 0) is 0 Å². The molecule has 0 aliphatic carbocycles. The van der Waals surface area contributed by atoms with Gasteiger partial charge in [0, 0.05) is 6.54 Å². The van der Waals surface area contributed by atoms with E-state index in [1.807, 2.05) is 0 Å². The van der Waals surface area contributed by atoms with Gasteiger partial charge < -0.3 is 26.4 Å². The maximum absolute atomic E-state index is 9.46. The van der Waals surface area contributed by atoms with Crippen LogP contribution in [0.3, 0.4) is 0 Å². The average Bonchev–Trinajstić information content (AvgIpc) is 2.81. The summed E-state index contributed by atoms with van der Waals surface area (Å²) in [6, 6.07) is -0.637. The molecule has 0 radical (unpaired) electrons. The molecule has 0 bridgehead atoms. The Morgan fingerprint density at radius 3 is 2.84 bits per heavy atom. The number of aliphatic hydroxyl groups excluding tert-OH is 3. The first-order valence-corrected chi connectivity index (χ1v) is 5.74. The first kappa shape index (κ1) is 13.6. The maximum Gasteiger partial charge on any atom is 0.220 e. The molecule has 0 saturated carbocycles. The molecule has 2 rings (SSSR count). The molecule has 0 aliphatic rings. The number of aromatic amines is 1. The molecule has 9 nitrogen and oxygen atoms in total. The Hall–Kier alpha value is -1.81. The first-order chi connectivity index (χ1) is 9.15. The van der Waals surface area contributed by atoms with Crippen LogP contribution in [0.15, 0.2) is 6.20 Å². The van der Waals surface area contributed by atoms with Crippen LogP contribution in [0.25, 0.3) is 11.0 Å². The molecule has 9 heteroatoms. The largest absolute Gasteiger partial charge is 0.395 e. The fraction of sp³-hybridized carbons (Fsp3) is 0.500. The number of aromatic nitrogens is 4. The molecule has 19 heavy (non-hydrogen) atoms. The van der Waals surface area contributed by atoms with Crippen molar-refractivity contribution in [2.75, 3.05) is 18.9 Å². The van der Waals surface area contributed by atoms with Gasteiger partial charge in [0.05, 0.1) is 37.3 Å². The van der Waals surface area contributed by atoms with E-state index in [4.69, 9.17) is 15.9 Å². The number of nitrogen functional groups attached to an aromatic ring is 1. The number of nitrogens with two attached hydrogens (primary N) is 1. The number of nitrogens with one attached hydrogen (secondary N) is 2. The molecular formula is C10H16N6O3. The molecule has 0 fully saturated rings. The number of hydrogen-bond acceptors (Lipinski definition) is 8. The van der Waals surface area contributed by atoms with Gasteiger partial charge in [0.15, 0.2) is 0 Å². The van der Waals surface area contributed by atoms with Crippen LogP contribution in [-0.2, 0) is 6.54 Å². The third-order valence-electron chi connectivity index (χ3n) is 2.77. The second-order valence-corrected chi connectivity index (χ2v) is 4.08. The molecule has 0 unspecified atom stereocenters. The van der Waals surface area contributed by atoms with Crippen molar-refractivity contribution >= 4 is 17.0 Å². The van der Waals surface area contributed by atoms with Gasteiger partial charge in [0.25, 0.3) is 0 Å². The minimum atomic E-state index is -1.04. The topological polar surface area (TPSA) is 153 Å². The minimum absolute atomic E-state index is 0.143. The molecule has 0 aliphatic heterocycles. The van der Waals surface area contributed by atoms with Gasteiger partial charge in [-0.15, -0.1) is 0 Å². The second kappa shape index (κ2) is 5.89. The fourth-order valence-corrected chi connectivity index (χ4v) is 1.68. The summed E-state index contributed by atoms with van der Waals surface area (Å²) in [4.78, 5) is 7.89. The van der Waals surface area contributed by atoms with Crippen LogP contribution >= 0.6 is 0 Å². The summed E-state index contributed by atoms with van der Waals surface area (Å²) in [5.74, 6) is 0.143.